The molecule has 0 saturated heterocycles. The van der Waals surface area contributed by atoms with Crippen molar-refractivity contribution in [1.82, 2.24) is 5.32 Å². The molecular weight excluding hydrogens is 883 g/mol. The molecule has 5 heteroatoms. The van der Waals surface area contributed by atoms with E-state index in [4.69, 9.17) is 0 Å². The highest BCUT2D eigenvalue weighted by atomic mass is 16.3. The molecule has 72 heavy (non-hydrogen) atoms. The van der Waals surface area contributed by atoms with Crippen molar-refractivity contribution in [2.24, 2.45) is 0 Å². The molecule has 0 aromatic carbocycles. The van der Waals surface area contributed by atoms with Gasteiger partial charge in [-0.05, 0) is 32.1 Å². The zero-order chi connectivity index (χ0) is 52.2. The van der Waals surface area contributed by atoms with Gasteiger partial charge in [-0.25, -0.2) is 0 Å². The molecule has 0 aromatic heterocycles. The molecule has 0 aliphatic rings. The summed E-state index contributed by atoms with van der Waals surface area (Å²) in [5.41, 5.74) is 0. The molecule has 0 aliphatic heterocycles. The number of rotatable bonds is 62. The van der Waals surface area contributed by atoms with Crippen LogP contribution < -0.4 is 5.32 Å². The number of aliphatic hydroxyl groups is 3. The number of hydrogen-bond acceptors (Lipinski definition) is 4. The summed E-state index contributed by atoms with van der Waals surface area (Å²) in [6.45, 7) is 4.25. The Kier molecular flexibility index (Phi) is 61.4. The van der Waals surface area contributed by atoms with Crippen molar-refractivity contribution in [1.29, 1.82) is 0 Å². The first-order valence-corrected chi connectivity index (χ1v) is 33.1. The third-order valence-electron chi connectivity index (χ3n) is 15.7. The molecule has 0 fully saturated rings. The Bertz CT molecular complexity index is 1080. The zero-order valence-electron chi connectivity index (χ0n) is 49.1. The number of carbonyl (C=O) groups excluding carboxylic acids is 1. The van der Waals surface area contributed by atoms with E-state index in [0.29, 0.717) is 6.42 Å². The van der Waals surface area contributed by atoms with Crippen LogP contribution in [0.5, 0.6) is 0 Å². The van der Waals surface area contributed by atoms with Gasteiger partial charge >= 0.3 is 0 Å². The molecule has 0 bridgehead atoms. The van der Waals surface area contributed by atoms with Gasteiger partial charge in [0.15, 0.2) is 0 Å². The third kappa shape index (κ3) is 58.1. The molecule has 0 saturated carbocycles. The lowest BCUT2D eigenvalue weighted by Gasteiger charge is -2.21. The van der Waals surface area contributed by atoms with Crippen LogP contribution >= 0.6 is 0 Å². The van der Waals surface area contributed by atoms with Gasteiger partial charge in [0.25, 0.3) is 0 Å². The molecule has 0 aromatic rings. The van der Waals surface area contributed by atoms with Crippen LogP contribution in [0.2, 0.25) is 0 Å². The van der Waals surface area contributed by atoms with Gasteiger partial charge < -0.3 is 20.6 Å². The number of nitrogens with one attached hydrogen (secondary N) is 1. The van der Waals surface area contributed by atoms with Crippen LogP contribution in [0, 0.1) is 0 Å². The van der Waals surface area contributed by atoms with E-state index in [1.54, 1.807) is 6.08 Å². The highest BCUT2D eigenvalue weighted by molar-refractivity contribution is 5.76. The molecule has 3 atom stereocenters. The largest absolute Gasteiger partial charge is 0.394 e. The Hall–Kier alpha value is -1.17. The molecule has 4 N–H and O–H groups in total. The third-order valence-corrected chi connectivity index (χ3v) is 15.7. The molecular formula is C67H131NO4. The highest BCUT2D eigenvalue weighted by Gasteiger charge is 2.20. The summed E-state index contributed by atoms with van der Waals surface area (Å²) < 4.78 is 0. The smallest absolute Gasteiger partial charge is 0.222 e. The van der Waals surface area contributed by atoms with Crippen LogP contribution in [-0.4, -0.2) is 46.1 Å². The average Bonchev–Trinajstić information content (AvgIpc) is 3.38. The lowest BCUT2D eigenvalue weighted by atomic mass is 10.0. The number of allylic oxidation sites excluding steroid dienone is 3. The van der Waals surface area contributed by atoms with Crippen LogP contribution in [-0.2, 0) is 4.79 Å². The summed E-state index contributed by atoms with van der Waals surface area (Å²) in [4.78, 5) is 12.6. The summed E-state index contributed by atoms with van der Waals surface area (Å²) >= 11 is 0. The summed E-state index contributed by atoms with van der Waals surface area (Å²) in [6.07, 6.45) is 81.4. The standard InChI is InChI=1S/C67H131NO4/c1-3-5-7-9-11-13-15-17-19-21-23-25-27-28-29-30-31-32-33-34-35-36-37-38-39-40-42-44-46-48-50-52-54-56-58-60-64(70)62-67(72)68-65(63-69)66(71)61-59-57-55-53-51-49-47-45-43-41-26-24-22-20-18-16-14-12-10-8-6-4-2/h51,53,59,61,64-66,69-71H,3-50,52,54-58,60,62-63H2,1-2H3,(H,68,72)/b53-51+,61-59+. The van der Waals surface area contributed by atoms with Gasteiger partial charge in [-0.1, -0.05) is 359 Å². The summed E-state index contributed by atoms with van der Waals surface area (Å²) in [5.74, 6) is -0.317. The van der Waals surface area contributed by atoms with Crippen LogP contribution in [0.15, 0.2) is 24.3 Å². The number of amides is 1. The first-order chi connectivity index (χ1) is 35.5. The fourth-order valence-corrected chi connectivity index (χ4v) is 10.7. The van der Waals surface area contributed by atoms with E-state index >= 15 is 0 Å². The van der Waals surface area contributed by atoms with Crippen molar-refractivity contribution in [3.8, 4) is 0 Å². The van der Waals surface area contributed by atoms with Gasteiger partial charge in [-0.15, -0.1) is 0 Å². The second kappa shape index (κ2) is 62.4. The lowest BCUT2D eigenvalue weighted by Crippen LogP contribution is -2.45. The number of unbranched alkanes of at least 4 members (excludes halogenated alkanes) is 51. The Balaban J connectivity index is 3.48. The quantitative estimate of drug-likeness (QED) is 0.0361. The van der Waals surface area contributed by atoms with Gasteiger partial charge in [0, 0.05) is 0 Å². The van der Waals surface area contributed by atoms with E-state index in [2.05, 4.69) is 31.3 Å². The van der Waals surface area contributed by atoms with Gasteiger partial charge in [-0.3, -0.25) is 4.79 Å². The molecule has 428 valence electrons. The maximum absolute atomic E-state index is 12.6. The fraction of sp³-hybridized carbons (Fsp3) is 0.925. The molecule has 0 radical (unpaired) electrons. The normalized spacial score (nSPS) is 13.2. The molecule has 0 rings (SSSR count). The van der Waals surface area contributed by atoms with E-state index in [9.17, 15) is 20.1 Å². The number of carbonyl (C=O) groups is 1. The second-order valence-corrected chi connectivity index (χ2v) is 23.1. The van der Waals surface area contributed by atoms with E-state index in [-0.39, 0.29) is 18.9 Å². The Morgan fingerprint density at radius 1 is 0.347 bits per heavy atom. The van der Waals surface area contributed by atoms with E-state index in [1.807, 2.05) is 6.08 Å². The van der Waals surface area contributed by atoms with Crippen LogP contribution in [0.1, 0.15) is 373 Å². The topological polar surface area (TPSA) is 89.8 Å². The average molecular weight is 1010 g/mol. The lowest BCUT2D eigenvalue weighted by molar-refractivity contribution is -0.124. The van der Waals surface area contributed by atoms with Crippen molar-refractivity contribution in [3.05, 3.63) is 24.3 Å². The summed E-state index contributed by atoms with van der Waals surface area (Å²) in [5, 5.41) is 33.5. The van der Waals surface area contributed by atoms with Crippen molar-refractivity contribution in [2.75, 3.05) is 6.61 Å². The molecule has 0 heterocycles. The maximum atomic E-state index is 12.6. The predicted octanol–water partition coefficient (Wildman–Crippen LogP) is 21.2. The van der Waals surface area contributed by atoms with Gasteiger partial charge in [-0.2, -0.15) is 0 Å². The van der Waals surface area contributed by atoms with Gasteiger partial charge in [0.1, 0.15) is 0 Å². The first kappa shape index (κ1) is 70.8. The minimum Gasteiger partial charge on any atom is -0.394 e. The highest BCUT2D eigenvalue weighted by Crippen LogP contribution is 2.19. The van der Waals surface area contributed by atoms with Crippen molar-refractivity contribution >= 4 is 5.91 Å². The summed E-state index contributed by atoms with van der Waals surface area (Å²) in [7, 11) is 0. The van der Waals surface area contributed by atoms with E-state index in [1.165, 1.54) is 315 Å². The second-order valence-electron chi connectivity index (χ2n) is 23.1. The van der Waals surface area contributed by atoms with Crippen molar-refractivity contribution in [3.63, 3.8) is 0 Å². The van der Waals surface area contributed by atoms with E-state index in [0.717, 1.165) is 32.1 Å². The zero-order valence-corrected chi connectivity index (χ0v) is 49.1. The number of hydrogen-bond donors (Lipinski definition) is 4. The Morgan fingerprint density at radius 3 is 0.889 bits per heavy atom. The van der Waals surface area contributed by atoms with Crippen LogP contribution in [0.25, 0.3) is 0 Å². The predicted molar refractivity (Wildman–Crippen MR) is 319 cm³/mol. The molecule has 5 nitrogen and oxygen atoms in total. The summed E-state index contributed by atoms with van der Waals surface area (Å²) in [6, 6.07) is -0.760. The van der Waals surface area contributed by atoms with E-state index < -0.39 is 18.2 Å². The van der Waals surface area contributed by atoms with Crippen LogP contribution in [0.3, 0.4) is 0 Å². The minimum atomic E-state index is -0.951. The molecule has 3 unspecified atom stereocenters. The van der Waals surface area contributed by atoms with Crippen LogP contribution in [0.4, 0.5) is 0 Å². The fourth-order valence-electron chi connectivity index (χ4n) is 10.7. The molecule has 0 aliphatic carbocycles. The minimum absolute atomic E-state index is 0.0107. The molecule has 1 amide bonds. The Labute approximate surface area is 452 Å². The number of aliphatic hydroxyl groups excluding tert-OH is 3. The SMILES string of the molecule is CCCCCCCCCCCCCCCCCC/C=C/CC/C=C/C(O)C(CO)NC(=O)CC(O)CCCCCCCCCCCCCCCCCCCCCCCCCCCCCCCCCCCCC. The van der Waals surface area contributed by atoms with Crippen molar-refractivity contribution < 1.29 is 20.1 Å². The molecule has 0 spiro atoms. The monoisotopic (exact) mass is 1010 g/mol. The van der Waals surface area contributed by atoms with Gasteiger partial charge in [0.05, 0.1) is 31.3 Å². The van der Waals surface area contributed by atoms with Crippen molar-refractivity contribution in [2.45, 2.75) is 392 Å². The maximum Gasteiger partial charge on any atom is 0.222 e. The Morgan fingerprint density at radius 2 is 0.597 bits per heavy atom. The first-order valence-electron chi connectivity index (χ1n) is 33.1. The van der Waals surface area contributed by atoms with Gasteiger partial charge in [0.2, 0.25) is 5.91 Å².